The maximum Gasteiger partial charge on any atom is 0.229 e. The van der Waals surface area contributed by atoms with Gasteiger partial charge in [-0.25, -0.2) is 4.98 Å². The highest BCUT2D eigenvalue weighted by Gasteiger charge is 2.29. The second-order valence-electron chi connectivity index (χ2n) is 7.43. The third kappa shape index (κ3) is 3.34. The molecule has 0 aromatic carbocycles. The third-order valence-corrected chi connectivity index (χ3v) is 6.73. The summed E-state index contributed by atoms with van der Waals surface area (Å²) in [5.41, 5.74) is 1.06. The average molecular weight is 347 g/mol. The molecule has 0 unspecified atom stereocenters. The van der Waals surface area contributed by atoms with Gasteiger partial charge in [-0.15, -0.1) is 0 Å². The van der Waals surface area contributed by atoms with Crippen molar-refractivity contribution in [2.75, 3.05) is 11.9 Å². The van der Waals surface area contributed by atoms with Crippen LogP contribution in [0, 0.1) is 11.8 Å². The van der Waals surface area contributed by atoms with E-state index in [1.165, 1.54) is 25.7 Å². The van der Waals surface area contributed by atoms with Gasteiger partial charge >= 0.3 is 0 Å². The molecule has 130 valence electrons. The van der Waals surface area contributed by atoms with E-state index in [4.69, 9.17) is 0 Å². The van der Waals surface area contributed by atoms with Crippen LogP contribution in [0.2, 0.25) is 0 Å². The zero-order valence-corrected chi connectivity index (χ0v) is 14.9. The number of nitrogens with one attached hydrogen (secondary N) is 1. The molecule has 0 saturated heterocycles. The van der Waals surface area contributed by atoms with E-state index in [-0.39, 0.29) is 11.8 Å². The van der Waals surface area contributed by atoms with E-state index >= 15 is 0 Å². The molecule has 24 heavy (non-hydrogen) atoms. The Labute approximate surface area is 146 Å². The molecule has 1 aromatic heterocycles. The van der Waals surface area contributed by atoms with Crippen LogP contribution in [0.1, 0.15) is 61.9 Å². The van der Waals surface area contributed by atoms with Crippen LogP contribution < -0.4 is 5.32 Å². The second kappa shape index (κ2) is 6.82. The third-order valence-electron chi connectivity index (χ3n) is 5.73. The number of carbonyl (C=O) groups is 2. The number of carbonyl (C=O) groups excluding carboxylic acids is 2. The summed E-state index contributed by atoms with van der Waals surface area (Å²) in [6.45, 7) is 1.43. The number of hydrogen-bond donors (Lipinski definition) is 1. The lowest BCUT2D eigenvalue weighted by Gasteiger charge is -2.27. The van der Waals surface area contributed by atoms with Gasteiger partial charge in [0.15, 0.2) is 5.13 Å². The van der Waals surface area contributed by atoms with Gasteiger partial charge in [0.1, 0.15) is 0 Å². The molecule has 3 aliphatic rings. The molecular weight excluding hydrogens is 322 g/mol. The van der Waals surface area contributed by atoms with E-state index in [0.29, 0.717) is 29.9 Å². The molecule has 0 spiro atoms. The minimum absolute atomic E-state index is 0.113. The molecule has 2 fully saturated rings. The van der Waals surface area contributed by atoms with Crippen LogP contribution in [0.5, 0.6) is 0 Å². The number of fused-ring (bicyclic) bond motifs is 1. The van der Waals surface area contributed by atoms with Gasteiger partial charge in [-0.3, -0.25) is 9.59 Å². The molecule has 0 radical (unpaired) electrons. The summed E-state index contributed by atoms with van der Waals surface area (Å²) >= 11 is 1.54. The number of anilines is 1. The van der Waals surface area contributed by atoms with Crippen molar-refractivity contribution in [3.8, 4) is 0 Å². The number of hydrogen-bond acceptors (Lipinski definition) is 4. The van der Waals surface area contributed by atoms with Gasteiger partial charge in [-0.2, -0.15) is 0 Å². The van der Waals surface area contributed by atoms with Crippen molar-refractivity contribution in [1.29, 1.82) is 0 Å². The van der Waals surface area contributed by atoms with Crippen molar-refractivity contribution in [1.82, 2.24) is 9.88 Å². The van der Waals surface area contributed by atoms with E-state index in [1.54, 1.807) is 11.3 Å². The maximum absolute atomic E-state index is 12.5. The van der Waals surface area contributed by atoms with Crippen molar-refractivity contribution in [3.63, 3.8) is 0 Å². The highest BCUT2D eigenvalue weighted by atomic mass is 32.1. The van der Waals surface area contributed by atoms with E-state index in [1.807, 2.05) is 4.90 Å². The van der Waals surface area contributed by atoms with E-state index < -0.39 is 0 Å². The van der Waals surface area contributed by atoms with Gasteiger partial charge in [-0.05, 0) is 31.6 Å². The summed E-state index contributed by atoms with van der Waals surface area (Å²) in [7, 11) is 0. The smallest absolute Gasteiger partial charge is 0.229 e. The molecule has 1 aromatic rings. The molecule has 1 aliphatic heterocycles. The Kier molecular flexibility index (Phi) is 4.57. The number of aromatic nitrogens is 1. The molecule has 0 atom stereocenters. The molecule has 1 N–H and O–H groups in total. The molecule has 5 nitrogen and oxygen atoms in total. The topological polar surface area (TPSA) is 62.3 Å². The molecule has 2 heterocycles. The first-order valence-corrected chi connectivity index (χ1v) is 10.1. The molecule has 2 saturated carbocycles. The molecule has 0 bridgehead atoms. The maximum atomic E-state index is 12.5. The zero-order valence-electron chi connectivity index (χ0n) is 14.1. The van der Waals surface area contributed by atoms with E-state index in [9.17, 15) is 9.59 Å². The Morgan fingerprint density at radius 2 is 1.96 bits per heavy atom. The van der Waals surface area contributed by atoms with Crippen molar-refractivity contribution in [2.24, 2.45) is 11.8 Å². The molecule has 2 amide bonds. The monoisotopic (exact) mass is 347 g/mol. The fourth-order valence-electron chi connectivity index (χ4n) is 3.93. The van der Waals surface area contributed by atoms with Crippen LogP contribution in [-0.4, -0.2) is 28.2 Å². The predicted molar refractivity (Wildman–Crippen MR) is 93.8 cm³/mol. The van der Waals surface area contributed by atoms with Gasteiger partial charge in [0.25, 0.3) is 0 Å². The Hall–Kier alpha value is -1.43. The van der Waals surface area contributed by atoms with Crippen LogP contribution in [0.25, 0.3) is 0 Å². The number of rotatable bonds is 4. The quantitative estimate of drug-likeness (QED) is 0.908. The molecule has 6 heteroatoms. The first-order chi connectivity index (χ1) is 11.7. The van der Waals surface area contributed by atoms with Crippen molar-refractivity contribution >= 4 is 28.3 Å². The standard InChI is InChI=1S/C18H25N3O2S/c22-16(10-12-4-1-2-5-12)21-9-8-14-15(11-21)24-18(19-14)20-17(23)13-6-3-7-13/h12-13H,1-11H2,(H,19,20,23). The largest absolute Gasteiger partial charge is 0.337 e. The van der Waals surface area contributed by atoms with Crippen LogP contribution in [-0.2, 0) is 22.6 Å². The summed E-state index contributed by atoms with van der Waals surface area (Å²) in [4.78, 5) is 32.3. The normalized spacial score (nSPS) is 21.4. The Morgan fingerprint density at radius 1 is 1.17 bits per heavy atom. The lowest BCUT2D eigenvalue weighted by molar-refractivity contribution is -0.133. The van der Waals surface area contributed by atoms with Crippen molar-refractivity contribution in [3.05, 3.63) is 10.6 Å². The van der Waals surface area contributed by atoms with Crippen LogP contribution in [0.4, 0.5) is 5.13 Å². The first kappa shape index (κ1) is 16.1. The van der Waals surface area contributed by atoms with E-state index in [2.05, 4.69) is 10.3 Å². The summed E-state index contributed by atoms with van der Waals surface area (Å²) in [6, 6.07) is 0. The summed E-state index contributed by atoms with van der Waals surface area (Å²) in [5, 5.41) is 3.68. The average Bonchev–Trinajstić information content (AvgIpc) is 3.12. The van der Waals surface area contributed by atoms with Crippen LogP contribution >= 0.6 is 11.3 Å². The molecular formula is C18H25N3O2S. The van der Waals surface area contributed by atoms with Gasteiger partial charge in [0.2, 0.25) is 11.8 Å². The summed E-state index contributed by atoms with van der Waals surface area (Å²) < 4.78 is 0. The summed E-state index contributed by atoms with van der Waals surface area (Å²) in [6.07, 6.45) is 9.65. The number of amides is 2. The number of thiazole rings is 1. The van der Waals surface area contributed by atoms with Crippen LogP contribution in [0.15, 0.2) is 0 Å². The summed E-state index contributed by atoms with van der Waals surface area (Å²) in [5.74, 6) is 1.18. The van der Waals surface area contributed by atoms with Crippen molar-refractivity contribution < 1.29 is 9.59 Å². The lowest BCUT2D eigenvalue weighted by Crippen LogP contribution is -2.36. The molecule has 4 rings (SSSR count). The fourth-order valence-corrected chi connectivity index (χ4v) is 4.96. The first-order valence-electron chi connectivity index (χ1n) is 9.26. The zero-order chi connectivity index (χ0) is 16.5. The Balaban J connectivity index is 1.35. The van der Waals surface area contributed by atoms with Gasteiger partial charge in [-0.1, -0.05) is 30.6 Å². The van der Waals surface area contributed by atoms with Crippen LogP contribution in [0.3, 0.4) is 0 Å². The Morgan fingerprint density at radius 3 is 2.67 bits per heavy atom. The fraction of sp³-hybridized carbons (Fsp3) is 0.722. The molecule has 2 aliphatic carbocycles. The van der Waals surface area contributed by atoms with E-state index in [0.717, 1.165) is 42.8 Å². The highest BCUT2D eigenvalue weighted by molar-refractivity contribution is 7.15. The highest BCUT2D eigenvalue weighted by Crippen LogP contribution is 2.33. The van der Waals surface area contributed by atoms with Gasteiger partial charge in [0, 0.05) is 30.2 Å². The second-order valence-corrected chi connectivity index (χ2v) is 8.51. The van der Waals surface area contributed by atoms with Gasteiger partial charge < -0.3 is 10.2 Å². The predicted octanol–water partition coefficient (Wildman–Crippen LogP) is 3.35. The van der Waals surface area contributed by atoms with Crippen molar-refractivity contribution in [2.45, 2.75) is 64.3 Å². The minimum atomic E-state index is 0.113. The number of nitrogens with zero attached hydrogens (tertiary/aromatic N) is 2. The lowest BCUT2D eigenvalue weighted by atomic mass is 9.85. The Bertz CT molecular complexity index is 632. The minimum Gasteiger partial charge on any atom is -0.337 e. The SMILES string of the molecule is O=C(Nc1nc2c(s1)CN(C(=O)CC1CCCC1)CC2)C1CCC1. The van der Waals surface area contributed by atoms with Gasteiger partial charge in [0.05, 0.1) is 12.2 Å².